The quantitative estimate of drug-likeness (QED) is 0.318. The summed E-state index contributed by atoms with van der Waals surface area (Å²) in [5.74, 6) is 1.10. The molecule has 0 radical (unpaired) electrons. The first kappa shape index (κ1) is 24.6. The van der Waals surface area contributed by atoms with E-state index in [0.29, 0.717) is 6.54 Å². The molecule has 1 aliphatic rings. The van der Waals surface area contributed by atoms with Crippen LogP contribution in [0.25, 0.3) is 10.6 Å². The highest BCUT2D eigenvalue weighted by molar-refractivity contribution is 14.0. The number of benzene rings is 1. The van der Waals surface area contributed by atoms with Crippen LogP contribution >= 0.6 is 35.3 Å². The fourth-order valence-corrected chi connectivity index (χ4v) is 4.23. The lowest BCUT2D eigenvalue weighted by molar-refractivity contribution is -0.133. The Kier molecular flexibility index (Phi) is 10.0. The molecule has 30 heavy (non-hydrogen) atoms. The van der Waals surface area contributed by atoms with Crippen molar-refractivity contribution in [3.63, 3.8) is 0 Å². The van der Waals surface area contributed by atoms with Crippen molar-refractivity contribution in [2.24, 2.45) is 10.9 Å². The molecule has 6 nitrogen and oxygen atoms in total. The van der Waals surface area contributed by atoms with E-state index in [2.05, 4.69) is 35.1 Å². The number of likely N-dealkylation sites (tertiary alicyclic amines) is 1. The van der Waals surface area contributed by atoms with Gasteiger partial charge < -0.3 is 15.5 Å². The Bertz CT molecular complexity index is 824. The molecule has 1 aromatic carbocycles. The van der Waals surface area contributed by atoms with Crippen molar-refractivity contribution < 1.29 is 4.79 Å². The van der Waals surface area contributed by atoms with E-state index < -0.39 is 0 Å². The Morgan fingerprint density at radius 3 is 2.80 bits per heavy atom. The van der Waals surface area contributed by atoms with Crippen LogP contribution in [0.2, 0.25) is 0 Å². The lowest BCUT2D eigenvalue weighted by Gasteiger charge is -2.20. The van der Waals surface area contributed by atoms with E-state index in [0.717, 1.165) is 54.7 Å². The van der Waals surface area contributed by atoms with Crippen molar-refractivity contribution in [3.8, 4) is 10.6 Å². The molecule has 8 heteroatoms. The van der Waals surface area contributed by atoms with E-state index in [1.54, 1.807) is 11.3 Å². The van der Waals surface area contributed by atoms with Crippen LogP contribution in [0.3, 0.4) is 0 Å². The third-order valence-corrected chi connectivity index (χ3v) is 5.83. The first-order chi connectivity index (χ1) is 14.1. The first-order valence-corrected chi connectivity index (χ1v) is 11.3. The zero-order valence-electron chi connectivity index (χ0n) is 17.9. The van der Waals surface area contributed by atoms with Gasteiger partial charge in [0.15, 0.2) is 5.96 Å². The van der Waals surface area contributed by atoms with E-state index in [-0.39, 0.29) is 41.8 Å². The van der Waals surface area contributed by atoms with E-state index >= 15 is 0 Å². The number of rotatable bonds is 7. The summed E-state index contributed by atoms with van der Waals surface area (Å²) < 4.78 is 0. The van der Waals surface area contributed by atoms with E-state index in [4.69, 9.17) is 9.98 Å². The number of carbonyl (C=O) groups is 1. The normalized spacial score (nSPS) is 16.5. The molecule has 2 heterocycles. The minimum atomic E-state index is 0. The molecule has 0 saturated carbocycles. The van der Waals surface area contributed by atoms with E-state index in [1.807, 2.05) is 36.9 Å². The average molecular weight is 542 g/mol. The molecule has 0 bridgehead atoms. The SMILES string of the molecule is CCNC(=NCCc1csc(-c2ccccc2)n1)NC1CCN(C(=O)C(C)C)C1.I. The summed E-state index contributed by atoms with van der Waals surface area (Å²) in [6.07, 6.45) is 1.76. The van der Waals surface area contributed by atoms with Crippen LogP contribution in [0.1, 0.15) is 32.9 Å². The number of hydrogen-bond acceptors (Lipinski definition) is 4. The predicted octanol–water partition coefficient (Wildman–Crippen LogP) is 3.78. The fraction of sp³-hybridized carbons (Fsp3) is 0.500. The molecule has 0 aliphatic carbocycles. The summed E-state index contributed by atoms with van der Waals surface area (Å²) in [5.41, 5.74) is 2.23. The van der Waals surface area contributed by atoms with Gasteiger partial charge in [0.05, 0.1) is 5.69 Å². The summed E-state index contributed by atoms with van der Waals surface area (Å²) in [4.78, 5) is 23.6. The lowest BCUT2D eigenvalue weighted by Crippen LogP contribution is -2.45. The van der Waals surface area contributed by atoms with Gasteiger partial charge in [0.25, 0.3) is 0 Å². The summed E-state index contributed by atoms with van der Waals surface area (Å²) in [6, 6.07) is 10.5. The summed E-state index contributed by atoms with van der Waals surface area (Å²) in [5, 5.41) is 9.96. The molecule has 164 valence electrons. The molecule has 2 aromatic rings. The number of hydrogen-bond donors (Lipinski definition) is 2. The Morgan fingerprint density at radius 2 is 2.10 bits per heavy atom. The van der Waals surface area contributed by atoms with Gasteiger partial charge in [-0.05, 0) is 13.3 Å². The van der Waals surface area contributed by atoms with Crippen LogP contribution in [-0.4, -0.2) is 54.0 Å². The van der Waals surface area contributed by atoms with Crippen LogP contribution in [0.15, 0.2) is 40.7 Å². The molecule has 1 fully saturated rings. The van der Waals surface area contributed by atoms with Crippen LogP contribution < -0.4 is 10.6 Å². The third kappa shape index (κ3) is 6.94. The number of halogens is 1. The number of aromatic nitrogens is 1. The maximum absolute atomic E-state index is 12.2. The molecular formula is C22H32IN5OS. The van der Waals surface area contributed by atoms with Gasteiger partial charge in [0, 0.05) is 55.5 Å². The lowest BCUT2D eigenvalue weighted by atomic mass is 10.2. The van der Waals surface area contributed by atoms with Crippen molar-refractivity contribution in [1.82, 2.24) is 20.5 Å². The fourth-order valence-electron chi connectivity index (χ4n) is 3.37. The smallest absolute Gasteiger partial charge is 0.225 e. The maximum Gasteiger partial charge on any atom is 0.225 e. The monoisotopic (exact) mass is 541 g/mol. The standard InChI is InChI=1S/C22H31N5OS.HI/c1-4-23-22(26-18-11-13-27(14-18)21(28)16(2)3)24-12-10-19-15-29-20(25-19)17-8-6-5-7-9-17;/h5-9,15-16,18H,4,10-14H2,1-3H3,(H2,23,24,26);1H. The Morgan fingerprint density at radius 1 is 1.33 bits per heavy atom. The van der Waals surface area contributed by atoms with Crippen molar-refractivity contribution in [2.45, 2.75) is 39.7 Å². The first-order valence-electron chi connectivity index (χ1n) is 10.4. The van der Waals surface area contributed by atoms with Gasteiger partial charge in [-0.25, -0.2) is 4.98 Å². The van der Waals surface area contributed by atoms with Gasteiger partial charge in [-0.3, -0.25) is 9.79 Å². The minimum Gasteiger partial charge on any atom is -0.357 e. The van der Waals surface area contributed by atoms with Gasteiger partial charge in [-0.2, -0.15) is 0 Å². The second-order valence-corrected chi connectivity index (χ2v) is 8.45. The molecule has 1 amide bonds. The Labute approximate surface area is 200 Å². The topological polar surface area (TPSA) is 69.6 Å². The van der Waals surface area contributed by atoms with Gasteiger partial charge in [-0.1, -0.05) is 44.2 Å². The molecule has 1 atom stereocenters. The minimum absolute atomic E-state index is 0. The average Bonchev–Trinajstić information content (AvgIpc) is 3.38. The second kappa shape index (κ2) is 12.2. The number of nitrogens with zero attached hydrogens (tertiary/aromatic N) is 3. The second-order valence-electron chi connectivity index (χ2n) is 7.59. The highest BCUT2D eigenvalue weighted by atomic mass is 127. The zero-order chi connectivity index (χ0) is 20.6. The molecule has 1 aliphatic heterocycles. The summed E-state index contributed by atoms with van der Waals surface area (Å²) in [7, 11) is 0. The highest BCUT2D eigenvalue weighted by Gasteiger charge is 2.27. The molecular weight excluding hydrogens is 509 g/mol. The zero-order valence-corrected chi connectivity index (χ0v) is 21.1. The van der Waals surface area contributed by atoms with Crippen LogP contribution in [0, 0.1) is 5.92 Å². The van der Waals surface area contributed by atoms with Crippen molar-refractivity contribution in [3.05, 3.63) is 41.4 Å². The molecule has 2 N–H and O–H groups in total. The van der Waals surface area contributed by atoms with Crippen LogP contribution in [-0.2, 0) is 11.2 Å². The molecule has 3 rings (SSSR count). The summed E-state index contributed by atoms with van der Waals surface area (Å²) in [6.45, 7) is 9.01. The number of guanidine groups is 1. The molecule has 1 saturated heterocycles. The van der Waals surface area contributed by atoms with Gasteiger partial charge >= 0.3 is 0 Å². The predicted molar refractivity (Wildman–Crippen MR) is 136 cm³/mol. The van der Waals surface area contributed by atoms with E-state index in [1.165, 1.54) is 0 Å². The number of nitrogens with one attached hydrogen (secondary N) is 2. The van der Waals surface area contributed by atoms with Gasteiger partial charge in [0.1, 0.15) is 5.01 Å². The van der Waals surface area contributed by atoms with Gasteiger partial charge in [0.2, 0.25) is 5.91 Å². The van der Waals surface area contributed by atoms with E-state index in [9.17, 15) is 4.79 Å². The third-order valence-electron chi connectivity index (χ3n) is 4.89. The Balaban J connectivity index is 0.00000320. The van der Waals surface area contributed by atoms with Crippen LogP contribution in [0.4, 0.5) is 0 Å². The maximum atomic E-state index is 12.2. The molecule has 0 spiro atoms. The van der Waals surface area contributed by atoms with Gasteiger partial charge in [-0.15, -0.1) is 35.3 Å². The molecule has 1 unspecified atom stereocenters. The number of thiazole rings is 1. The summed E-state index contributed by atoms with van der Waals surface area (Å²) >= 11 is 1.67. The number of amides is 1. The van der Waals surface area contributed by atoms with Crippen molar-refractivity contribution >= 4 is 47.2 Å². The van der Waals surface area contributed by atoms with Crippen LogP contribution in [0.5, 0.6) is 0 Å². The number of carbonyl (C=O) groups excluding carboxylic acids is 1. The highest BCUT2D eigenvalue weighted by Crippen LogP contribution is 2.23. The van der Waals surface area contributed by atoms with Crippen molar-refractivity contribution in [2.75, 3.05) is 26.2 Å². The number of aliphatic imine (C=N–C) groups is 1. The largest absolute Gasteiger partial charge is 0.357 e. The molecule has 1 aromatic heterocycles. The Hall–Kier alpha value is -1.68. The van der Waals surface area contributed by atoms with Crippen molar-refractivity contribution in [1.29, 1.82) is 0 Å².